The molecule has 2 aliphatic heterocycles. The second-order valence-corrected chi connectivity index (χ2v) is 5.21. The average molecular weight is 240 g/mol. The highest BCUT2D eigenvalue weighted by atomic mass is 16.5. The number of hydrogen-bond acceptors (Lipinski definition) is 3. The molecule has 3 nitrogen and oxygen atoms in total. The molecule has 0 amide bonds. The highest BCUT2D eigenvalue weighted by molar-refractivity contribution is 5.95. The van der Waals surface area contributed by atoms with E-state index in [0.29, 0.717) is 6.04 Å². The Morgan fingerprint density at radius 3 is 3.22 bits per heavy atom. The van der Waals surface area contributed by atoms with Crippen LogP contribution in [-0.2, 0) is 6.42 Å². The third kappa shape index (κ3) is 1.27. The largest absolute Gasteiger partial charge is 0.497 e. The van der Waals surface area contributed by atoms with E-state index in [-0.39, 0.29) is 0 Å². The van der Waals surface area contributed by atoms with Crippen molar-refractivity contribution < 1.29 is 4.74 Å². The van der Waals surface area contributed by atoms with Crippen LogP contribution in [0.2, 0.25) is 0 Å². The summed E-state index contributed by atoms with van der Waals surface area (Å²) in [5, 5.41) is 1.25. The molecule has 0 spiro atoms. The molecule has 3 heterocycles. The predicted molar refractivity (Wildman–Crippen MR) is 72.4 cm³/mol. The lowest BCUT2D eigenvalue weighted by Crippen LogP contribution is -2.24. The van der Waals surface area contributed by atoms with Gasteiger partial charge in [0.1, 0.15) is 5.75 Å². The van der Waals surface area contributed by atoms with Crippen LogP contribution in [0.3, 0.4) is 0 Å². The van der Waals surface area contributed by atoms with Crippen LogP contribution in [0.15, 0.2) is 24.4 Å². The Kier molecular flexibility index (Phi) is 2.04. The normalized spacial score (nSPS) is 21.2. The van der Waals surface area contributed by atoms with Gasteiger partial charge in [0.2, 0.25) is 0 Å². The average Bonchev–Trinajstić information content (AvgIpc) is 2.97. The van der Waals surface area contributed by atoms with Gasteiger partial charge < -0.3 is 9.64 Å². The molecule has 0 bridgehead atoms. The standard InChI is InChI=1S/C15H16N2O/c1-18-12-4-5-14-13(8-12)15-10(9-16-14)7-11-3-2-6-17(11)15/h4-5,8-9,11H,2-3,6-7H2,1H3. The van der Waals surface area contributed by atoms with Gasteiger partial charge in [-0.25, -0.2) is 0 Å². The van der Waals surface area contributed by atoms with Crippen LogP contribution in [0.25, 0.3) is 10.9 Å². The quantitative estimate of drug-likeness (QED) is 0.766. The van der Waals surface area contributed by atoms with E-state index in [1.54, 1.807) is 7.11 Å². The van der Waals surface area contributed by atoms with Gasteiger partial charge in [0.05, 0.1) is 18.3 Å². The maximum absolute atomic E-state index is 5.35. The van der Waals surface area contributed by atoms with E-state index in [1.807, 2.05) is 6.07 Å². The minimum atomic E-state index is 0.707. The Morgan fingerprint density at radius 2 is 2.33 bits per heavy atom. The molecule has 0 N–H and O–H groups in total. The van der Waals surface area contributed by atoms with Crippen molar-refractivity contribution >= 4 is 16.6 Å². The molecule has 0 aliphatic carbocycles. The van der Waals surface area contributed by atoms with E-state index < -0.39 is 0 Å². The number of anilines is 1. The molecular formula is C15H16N2O. The molecule has 1 saturated heterocycles. The van der Waals surface area contributed by atoms with Gasteiger partial charge in [0, 0.05) is 24.2 Å². The summed E-state index contributed by atoms with van der Waals surface area (Å²) in [7, 11) is 1.72. The van der Waals surface area contributed by atoms with Crippen molar-refractivity contribution in [3.63, 3.8) is 0 Å². The first-order chi connectivity index (χ1) is 8.86. The molecule has 0 radical (unpaired) electrons. The topological polar surface area (TPSA) is 25.4 Å². The first-order valence-corrected chi connectivity index (χ1v) is 6.59. The maximum Gasteiger partial charge on any atom is 0.119 e. The Bertz CT molecular complexity index is 623. The van der Waals surface area contributed by atoms with Gasteiger partial charge in [-0.1, -0.05) is 0 Å². The summed E-state index contributed by atoms with van der Waals surface area (Å²) in [6.07, 6.45) is 5.86. The third-order valence-electron chi connectivity index (χ3n) is 4.24. The number of aromatic nitrogens is 1. The molecule has 1 aromatic carbocycles. The van der Waals surface area contributed by atoms with Crippen LogP contribution in [-0.4, -0.2) is 24.7 Å². The summed E-state index contributed by atoms with van der Waals surface area (Å²) in [5.41, 5.74) is 3.88. The van der Waals surface area contributed by atoms with E-state index in [2.05, 4.69) is 28.2 Å². The Labute approximate surface area is 106 Å². The van der Waals surface area contributed by atoms with Crippen LogP contribution < -0.4 is 9.64 Å². The zero-order chi connectivity index (χ0) is 12.1. The van der Waals surface area contributed by atoms with Crippen LogP contribution in [0.4, 0.5) is 5.69 Å². The number of hydrogen-bond donors (Lipinski definition) is 0. The van der Waals surface area contributed by atoms with Crippen LogP contribution in [0, 0.1) is 0 Å². The van der Waals surface area contributed by atoms with Crippen molar-refractivity contribution in [1.82, 2.24) is 4.98 Å². The molecule has 18 heavy (non-hydrogen) atoms. The lowest BCUT2D eigenvalue weighted by molar-refractivity contribution is 0.415. The summed E-state index contributed by atoms with van der Waals surface area (Å²) in [6.45, 7) is 1.19. The minimum absolute atomic E-state index is 0.707. The van der Waals surface area contributed by atoms with Crippen molar-refractivity contribution in [2.75, 3.05) is 18.6 Å². The van der Waals surface area contributed by atoms with E-state index in [1.165, 1.54) is 36.0 Å². The number of benzene rings is 1. The number of methoxy groups -OCH3 is 1. The first kappa shape index (κ1) is 10.2. The summed E-state index contributed by atoms with van der Waals surface area (Å²) in [4.78, 5) is 7.14. The number of fused-ring (bicyclic) bond motifs is 5. The molecule has 0 saturated carbocycles. The second-order valence-electron chi connectivity index (χ2n) is 5.21. The monoisotopic (exact) mass is 240 g/mol. The van der Waals surface area contributed by atoms with Crippen LogP contribution in [0.5, 0.6) is 5.75 Å². The van der Waals surface area contributed by atoms with Crippen molar-refractivity contribution in [2.24, 2.45) is 0 Å². The summed E-state index contributed by atoms with van der Waals surface area (Å²) in [5.74, 6) is 0.917. The van der Waals surface area contributed by atoms with Gasteiger partial charge in [0.15, 0.2) is 0 Å². The summed E-state index contributed by atoms with van der Waals surface area (Å²) >= 11 is 0. The number of nitrogens with zero attached hydrogens (tertiary/aromatic N) is 2. The summed E-state index contributed by atoms with van der Waals surface area (Å²) in [6, 6.07) is 6.87. The maximum atomic E-state index is 5.35. The lowest BCUT2D eigenvalue weighted by atomic mass is 10.1. The van der Waals surface area contributed by atoms with E-state index in [4.69, 9.17) is 4.74 Å². The fraction of sp³-hybridized carbons (Fsp3) is 0.400. The Morgan fingerprint density at radius 1 is 1.39 bits per heavy atom. The smallest absolute Gasteiger partial charge is 0.119 e. The van der Waals surface area contributed by atoms with Crippen LogP contribution >= 0.6 is 0 Å². The SMILES string of the molecule is COc1ccc2ncc3c(c2c1)N1CCCC1C3. The van der Waals surface area contributed by atoms with Gasteiger partial charge in [-0.2, -0.15) is 0 Å². The zero-order valence-corrected chi connectivity index (χ0v) is 10.5. The van der Waals surface area contributed by atoms with E-state index in [0.717, 1.165) is 17.7 Å². The third-order valence-corrected chi connectivity index (χ3v) is 4.24. The van der Waals surface area contributed by atoms with Crippen molar-refractivity contribution in [3.05, 3.63) is 30.0 Å². The van der Waals surface area contributed by atoms with Gasteiger partial charge in [-0.05, 0) is 43.0 Å². The predicted octanol–water partition coefficient (Wildman–Crippen LogP) is 2.77. The van der Waals surface area contributed by atoms with Crippen molar-refractivity contribution in [3.8, 4) is 5.75 Å². The number of ether oxygens (including phenoxy) is 1. The summed E-state index contributed by atoms with van der Waals surface area (Å²) < 4.78 is 5.35. The van der Waals surface area contributed by atoms with Crippen molar-refractivity contribution in [2.45, 2.75) is 25.3 Å². The molecule has 1 unspecified atom stereocenters. The molecule has 1 atom stereocenters. The van der Waals surface area contributed by atoms with E-state index in [9.17, 15) is 0 Å². The molecule has 1 aromatic heterocycles. The second kappa shape index (κ2) is 3.61. The molecule has 2 aromatic rings. The zero-order valence-electron chi connectivity index (χ0n) is 10.5. The fourth-order valence-corrected chi connectivity index (χ4v) is 3.41. The van der Waals surface area contributed by atoms with Gasteiger partial charge in [0.25, 0.3) is 0 Å². The van der Waals surface area contributed by atoms with Crippen LogP contribution in [0.1, 0.15) is 18.4 Å². The lowest BCUT2D eigenvalue weighted by Gasteiger charge is -2.20. The molecule has 1 fully saturated rings. The Balaban J connectivity index is 1.98. The number of rotatable bonds is 1. The molecule has 3 heteroatoms. The van der Waals surface area contributed by atoms with Gasteiger partial charge in [-0.15, -0.1) is 0 Å². The minimum Gasteiger partial charge on any atom is -0.497 e. The highest BCUT2D eigenvalue weighted by Gasteiger charge is 2.34. The number of pyridine rings is 1. The van der Waals surface area contributed by atoms with E-state index >= 15 is 0 Å². The fourth-order valence-electron chi connectivity index (χ4n) is 3.41. The molecule has 92 valence electrons. The van der Waals surface area contributed by atoms with Gasteiger partial charge >= 0.3 is 0 Å². The van der Waals surface area contributed by atoms with Crippen molar-refractivity contribution in [1.29, 1.82) is 0 Å². The van der Waals surface area contributed by atoms with Gasteiger partial charge in [-0.3, -0.25) is 4.98 Å². The molecule has 4 rings (SSSR count). The molecular weight excluding hydrogens is 224 g/mol. The first-order valence-electron chi connectivity index (χ1n) is 6.59. The molecule has 2 aliphatic rings. The Hall–Kier alpha value is -1.77. The highest BCUT2D eigenvalue weighted by Crippen LogP contribution is 2.42.